The van der Waals surface area contributed by atoms with Crippen LogP contribution in [0.25, 0.3) is 0 Å². The number of aromatic nitrogens is 3. The molecule has 0 amide bonds. The molecule has 0 radical (unpaired) electrons. The van der Waals surface area contributed by atoms with Crippen LogP contribution in [0.3, 0.4) is 0 Å². The Hall–Kier alpha value is -2.06. The van der Waals surface area contributed by atoms with E-state index >= 15 is 0 Å². The molecule has 90 valence electrons. The van der Waals surface area contributed by atoms with Gasteiger partial charge in [0.25, 0.3) is 0 Å². The summed E-state index contributed by atoms with van der Waals surface area (Å²) in [6, 6.07) is 9.78. The third kappa shape index (κ3) is 2.79. The van der Waals surface area contributed by atoms with E-state index in [-0.39, 0.29) is 0 Å². The van der Waals surface area contributed by atoms with Crippen LogP contribution in [0.1, 0.15) is 11.1 Å². The maximum Gasteiger partial charge on any atom is 0.191 e. The molecule has 0 fully saturated rings. The van der Waals surface area contributed by atoms with Gasteiger partial charge in [0.05, 0.1) is 11.6 Å². The maximum atomic E-state index is 9.01. The molecule has 1 heterocycles. The Balaban J connectivity index is 2.09. The van der Waals surface area contributed by atoms with Crippen LogP contribution in [0.4, 0.5) is 0 Å². The van der Waals surface area contributed by atoms with Gasteiger partial charge in [-0.05, 0) is 11.6 Å². The maximum absolute atomic E-state index is 9.01. The fraction of sp³-hybridized carbons (Fsp3) is 0.154. The molecule has 0 aliphatic carbocycles. The molecule has 4 nitrogen and oxygen atoms in total. The molecule has 0 unspecified atom stereocenters. The van der Waals surface area contributed by atoms with Crippen molar-refractivity contribution in [2.24, 2.45) is 0 Å². The predicted molar refractivity (Wildman–Crippen MR) is 70.9 cm³/mol. The van der Waals surface area contributed by atoms with Gasteiger partial charge < -0.3 is 4.57 Å². The molecule has 1 aromatic carbocycles. The lowest BCUT2D eigenvalue weighted by molar-refractivity contribution is 0.725. The van der Waals surface area contributed by atoms with E-state index in [0.717, 1.165) is 10.7 Å². The number of nitrogens with zero attached hydrogens (tertiary/aromatic N) is 4. The largest absolute Gasteiger partial charge is 0.305 e. The van der Waals surface area contributed by atoms with Crippen molar-refractivity contribution in [2.75, 3.05) is 0 Å². The van der Waals surface area contributed by atoms with Crippen molar-refractivity contribution in [1.29, 1.82) is 5.26 Å². The quantitative estimate of drug-likeness (QED) is 0.609. The zero-order valence-corrected chi connectivity index (χ0v) is 10.6. The minimum atomic E-state index is 0.690. The fourth-order valence-electron chi connectivity index (χ4n) is 1.52. The molecule has 2 rings (SSSR count). The second-order valence-corrected chi connectivity index (χ2v) is 4.55. The van der Waals surface area contributed by atoms with Crippen LogP contribution >= 0.6 is 11.8 Å². The molecule has 0 aliphatic rings. The Morgan fingerprint density at radius 1 is 1.44 bits per heavy atom. The van der Waals surface area contributed by atoms with Crippen LogP contribution < -0.4 is 0 Å². The monoisotopic (exact) mass is 256 g/mol. The van der Waals surface area contributed by atoms with Crippen LogP contribution in [0, 0.1) is 11.3 Å². The van der Waals surface area contributed by atoms with Gasteiger partial charge in [0.1, 0.15) is 6.33 Å². The predicted octanol–water partition coefficient (Wildman–Crippen LogP) is 2.63. The van der Waals surface area contributed by atoms with Crippen LogP contribution in [0.15, 0.2) is 48.4 Å². The van der Waals surface area contributed by atoms with Crippen molar-refractivity contribution in [1.82, 2.24) is 14.8 Å². The first-order valence-electron chi connectivity index (χ1n) is 5.44. The summed E-state index contributed by atoms with van der Waals surface area (Å²) in [4.78, 5) is 0. The van der Waals surface area contributed by atoms with Crippen molar-refractivity contribution in [3.05, 3.63) is 54.4 Å². The Labute approximate surface area is 110 Å². The number of allylic oxidation sites excluding steroid dienone is 1. The van der Waals surface area contributed by atoms with Gasteiger partial charge in [-0.1, -0.05) is 36.0 Å². The average molecular weight is 256 g/mol. The lowest BCUT2D eigenvalue weighted by atomic mass is 10.1. The summed E-state index contributed by atoms with van der Waals surface area (Å²) in [5, 5.41) is 17.8. The van der Waals surface area contributed by atoms with E-state index in [9.17, 15) is 0 Å². The number of hydrogen-bond donors (Lipinski definition) is 0. The van der Waals surface area contributed by atoms with Crippen molar-refractivity contribution >= 4 is 11.8 Å². The molecule has 0 atom stereocenters. The molecule has 0 saturated carbocycles. The van der Waals surface area contributed by atoms with Crippen LogP contribution in [-0.4, -0.2) is 14.8 Å². The summed E-state index contributed by atoms with van der Waals surface area (Å²) in [7, 11) is 0. The van der Waals surface area contributed by atoms with Gasteiger partial charge in [0, 0.05) is 12.3 Å². The SMILES string of the molecule is C=CCn1cnnc1SCc1ccccc1C#N. The summed E-state index contributed by atoms with van der Waals surface area (Å²) in [6.45, 7) is 4.38. The third-order valence-corrected chi connectivity index (χ3v) is 3.43. The van der Waals surface area contributed by atoms with Crippen LogP contribution in [0.2, 0.25) is 0 Å². The van der Waals surface area contributed by atoms with Crippen LogP contribution in [0.5, 0.6) is 0 Å². The molecule has 0 bridgehead atoms. The highest BCUT2D eigenvalue weighted by Gasteiger charge is 2.06. The second kappa shape index (κ2) is 6.03. The molecule has 0 saturated heterocycles. The summed E-state index contributed by atoms with van der Waals surface area (Å²) in [6.07, 6.45) is 3.48. The topological polar surface area (TPSA) is 54.5 Å². The summed E-state index contributed by atoms with van der Waals surface area (Å²) < 4.78 is 1.92. The van der Waals surface area contributed by atoms with Gasteiger partial charge in [0.15, 0.2) is 5.16 Å². The van der Waals surface area contributed by atoms with E-state index in [4.69, 9.17) is 5.26 Å². The number of nitriles is 1. The summed E-state index contributed by atoms with van der Waals surface area (Å²) in [5.74, 6) is 0.708. The number of benzene rings is 1. The molecule has 2 aromatic rings. The first-order valence-corrected chi connectivity index (χ1v) is 6.43. The van der Waals surface area contributed by atoms with Gasteiger partial charge >= 0.3 is 0 Å². The molecule has 1 aromatic heterocycles. The van der Waals surface area contributed by atoms with Gasteiger partial charge in [-0.2, -0.15) is 5.26 Å². The van der Waals surface area contributed by atoms with Crippen molar-refractivity contribution < 1.29 is 0 Å². The number of thioether (sulfide) groups is 1. The van der Waals surface area contributed by atoms with Crippen LogP contribution in [-0.2, 0) is 12.3 Å². The first kappa shape index (κ1) is 12.4. The Morgan fingerprint density at radius 3 is 3.06 bits per heavy atom. The smallest absolute Gasteiger partial charge is 0.191 e. The normalized spacial score (nSPS) is 9.94. The molecule has 18 heavy (non-hydrogen) atoms. The average Bonchev–Trinajstić information content (AvgIpc) is 2.84. The second-order valence-electron chi connectivity index (χ2n) is 3.61. The lowest BCUT2D eigenvalue weighted by Gasteiger charge is -2.04. The molecule has 0 aliphatic heterocycles. The fourth-order valence-corrected chi connectivity index (χ4v) is 2.45. The van der Waals surface area contributed by atoms with E-state index in [1.54, 1.807) is 24.2 Å². The summed E-state index contributed by atoms with van der Waals surface area (Å²) >= 11 is 1.57. The first-order chi connectivity index (χ1) is 8.85. The molecular formula is C13H12N4S. The highest BCUT2D eigenvalue weighted by Crippen LogP contribution is 2.22. The van der Waals surface area contributed by atoms with E-state index < -0.39 is 0 Å². The van der Waals surface area contributed by atoms with Gasteiger partial charge in [-0.25, -0.2) is 0 Å². The Morgan fingerprint density at radius 2 is 2.28 bits per heavy atom. The summed E-state index contributed by atoms with van der Waals surface area (Å²) in [5.41, 5.74) is 1.72. The molecule has 5 heteroatoms. The minimum Gasteiger partial charge on any atom is -0.305 e. The lowest BCUT2D eigenvalue weighted by Crippen LogP contribution is -1.96. The van der Waals surface area contributed by atoms with Crippen molar-refractivity contribution in [2.45, 2.75) is 17.5 Å². The molecular weight excluding hydrogens is 244 g/mol. The van der Waals surface area contributed by atoms with Gasteiger partial charge in [0.2, 0.25) is 0 Å². The van der Waals surface area contributed by atoms with E-state index in [0.29, 0.717) is 17.9 Å². The standard InChI is InChI=1S/C13H12N4S/c1-2-7-17-10-15-16-13(17)18-9-12-6-4-3-5-11(12)8-14/h2-6,10H,1,7,9H2. The number of hydrogen-bond acceptors (Lipinski definition) is 4. The Kier molecular flexibility index (Phi) is 4.15. The zero-order chi connectivity index (χ0) is 12.8. The van der Waals surface area contributed by atoms with Crippen molar-refractivity contribution in [3.8, 4) is 6.07 Å². The minimum absolute atomic E-state index is 0.690. The highest BCUT2D eigenvalue weighted by molar-refractivity contribution is 7.98. The van der Waals surface area contributed by atoms with E-state index in [1.165, 1.54) is 0 Å². The molecule has 0 N–H and O–H groups in total. The number of rotatable bonds is 5. The Bertz CT molecular complexity index is 583. The highest BCUT2D eigenvalue weighted by atomic mass is 32.2. The van der Waals surface area contributed by atoms with E-state index in [1.807, 2.05) is 28.8 Å². The van der Waals surface area contributed by atoms with Gasteiger partial charge in [-0.15, -0.1) is 16.8 Å². The molecule has 0 spiro atoms. The zero-order valence-electron chi connectivity index (χ0n) is 9.78. The van der Waals surface area contributed by atoms with E-state index in [2.05, 4.69) is 22.8 Å². The van der Waals surface area contributed by atoms with Gasteiger partial charge in [-0.3, -0.25) is 0 Å². The van der Waals surface area contributed by atoms with Crippen molar-refractivity contribution in [3.63, 3.8) is 0 Å². The third-order valence-electron chi connectivity index (χ3n) is 2.40.